The number of ether oxygens (including phenoxy) is 1. The molecule has 2 rings (SSSR count). The van der Waals surface area contributed by atoms with Gasteiger partial charge in [-0.2, -0.15) is 5.26 Å². The minimum Gasteiger partial charge on any atom is -0.449 e. The number of hydrogen-bond acceptors (Lipinski definition) is 6. The van der Waals surface area contributed by atoms with Gasteiger partial charge in [0.05, 0.1) is 11.0 Å². The molecule has 0 saturated heterocycles. The Morgan fingerprint density at radius 2 is 2.04 bits per heavy atom. The lowest BCUT2D eigenvalue weighted by molar-refractivity contribution is -0.385. The molecule has 138 valence electrons. The summed E-state index contributed by atoms with van der Waals surface area (Å²) in [6.45, 7) is 1.34. The molecule has 9 heteroatoms. The highest BCUT2D eigenvalue weighted by Crippen LogP contribution is 2.28. The van der Waals surface area contributed by atoms with Crippen molar-refractivity contribution in [1.82, 2.24) is 5.32 Å². The molecule has 0 aromatic heterocycles. The highest BCUT2D eigenvalue weighted by molar-refractivity contribution is 6.31. The van der Waals surface area contributed by atoms with E-state index in [1.165, 1.54) is 13.0 Å². The van der Waals surface area contributed by atoms with Crippen LogP contribution in [-0.4, -0.2) is 28.4 Å². The normalized spacial score (nSPS) is 16.8. The first kappa shape index (κ1) is 19.7. The summed E-state index contributed by atoms with van der Waals surface area (Å²) in [6.07, 6.45) is 2.52. The van der Waals surface area contributed by atoms with Crippen molar-refractivity contribution in [3.8, 4) is 6.07 Å². The van der Waals surface area contributed by atoms with E-state index in [2.05, 4.69) is 11.4 Å². The Hall–Kier alpha value is -2.66. The fourth-order valence-electron chi connectivity index (χ4n) is 2.87. The molecule has 1 aromatic rings. The van der Waals surface area contributed by atoms with Crippen LogP contribution < -0.4 is 5.32 Å². The minimum atomic E-state index is -1.21. The van der Waals surface area contributed by atoms with Crippen molar-refractivity contribution >= 4 is 29.2 Å². The van der Waals surface area contributed by atoms with Crippen molar-refractivity contribution in [3.63, 3.8) is 0 Å². The van der Waals surface area contributed by atoms with Crippen LogP contribution in [0.5, 0.6) is 0 Å². The average molecular weight is 380 g/mol. The molecule has 0 spiro atoms. The number of nitro groups is 1. The molecule has 26 heavy (non-hydrogen) atoms. The van der Waals surface area contributed by atoms with E-state index < -0.39 is 34.1 Å². The maximum absolute atomic E-state index is 12.3. The number of nitrogens with one attached hydrogen (secondary N) is 1. The van der Waals surface area contributed by atoms with Gasteiger partial charge in [0.1, 0.15) is 11.1 Å². The summed E-state index contributed by atoms with van der Waals surface area (Å²) < 4.78 is 5.05. The third-order valence-corrected chi connectivity index (χ3v) is 4.55. The van der Waals surface area contributed by atoms with Crippen LogP contribution in [0, 0.1) is 21.4 Å². The smallest absolute Gasteiger partial charge is 0.345 e. The fraction of sp³-hybridized carbons (Fsp3) is 0.471. The molecule has 0 radical (unpaired) electrons. The first-order valence-electron chi connectivity index (χ1n) is 8.16. The fourth-order valence-corrected chi connectivity index (χ4v) is 3.04. The molecular formula is C17H18ClN3O5. The second kappa shape index (κ2) is 8.15. The monoisotopic (exact) mass is 379 g/mol. The van der Waals surface area contributed by atoms with E-state index in [4.69, 9.17) is 16.3 Å². The summed E-state index contributed by atoms with van der Waals surface area (Å²) in [4.78, 5) is 34.9. The number of halogens is 1. The van der Waals surface area contributed by atoms with Gasteiger partial charge in [0.25, 0.3) is 11.6 Å². The van der Waals surface area contributed by atoms with Crippen LogP contribution in [0.15, 0.2) is 18.2 Å². The minimum absolute atomic E-state index is 0.130. The van der Waals surface area contributed by atoms with Crippen LogP contribution >= 0.6 is 11.6 Å². The Bertz CT molecular complexity index is 768. The molecule has 1 aliphatic carbocycles. The molecule has 0 heterocycles. The Labute approximate surface area is 155 Å². The van der Waals surface area contributed by atoms with Gasteiger partial charge in [0.2, 0.25) is 0 Å². The van der Waals surface area contributed by atoms with Crippen molar-refractivity contribution in [1.29, 1.82) is 5.26 Å². The standard InChI is InChI=1S/C17H18ClN3O5/c1-11(15(22)20-17(10-19)7-3-2-4-8-17)26-16(23)13-9-12(18)5-6-14(13)21(24)25/h5-6,9,11H,2-4,7-8H2,1H3,(H,20,22). The number of hydrogen-bond donors (Lipinski definition) is 1. The topological polar surface area (TPSA) is 122 Å². The van der Waals surface area contributed by atoms with Crippen LogP contribution in [0.25, 0.3) is 0 Å². The SMILES string of the molecule is CC(OC(=O)c1cc(Cl)ccc1[N+](=O)[O-])C(=O)NC1(C#N)CCCCC1. The number of nitriles is 1. The van der Waals surface area contributed by atoms with Crippen LogP contribution in [0.2, 0.25) is 5.02 Å². The number of carbonyl (C=O) groups excluding carboxylic acids is 2. The molecular weight excluding hydrogens is 362 g/mol. The summed E-state index contributed by atoms with van der Waals surface area (Å²) in [5.74, 6) is -1.65. The van der Waals surface area contributed by atoms with Gasteiger partial charge in [0.15, 0.2) is 6.10 Å². The number of esters is 1. The summed E-state index contributed by atoms with van der Waals surface area (Å²) in [5.41, 5.74) is -1.76. The van der Waals surface area contributed by atoms with Gasteiger partial charge < -0.3 is 10.1 Å². The first-order valence-corrected chi connectivity index (χ1v) is 8.54. The number of rotatable bonds is 5. The molecule has 1 unspecified atom stereocenters. The summed E-state index contributed by atoms with van der Waals surface area (Å²) >= 11 is 5.78. The Morgan fingerprint density at radius 1 is 1.38 bits per heavy atom. The van der Waals surface area contributed by atoms with Crippen molar-refractivity contribution < 1.29 is 19.2 Å². The van der Waals surface area contributed by atoms with Crippen molar-refractivity contribution in [2.75, 3.05) is 0 Å². The molecule has 1 atom stereocenters. The average Bonchev–Trinajstić information content (AvgIpc) is 2.61. The van der Waals surface area contributed by atoms with Gasteiger partial charge >= 0.3 is 5.97 Å². The van der Waals surface area contributed by atoms with E-state index in [9.17, 15) is 25.0 Å². The predicted molar refractivity (Wildman–Crippen MR) is 92.6 cm³/mol. The molecule has 1 aromatic carbocycles. The van der Waals surface area contributed by atoms with Crippen LogP contribution in [0.3, 0.4) is 0 Å². The van der Waals surface area contributed by atoms with Crippen molar-refractivity contribution in [3.05, 3.63) is 38.9 Å². The lowest BCUT2D eigenvalue weighted by atomic mass is 9.83. The zero-order valence-corrected chi connectivity index (χ0v) is 14.9. The predicted octanol–water partition coefficient (Wildman–Crippen LogP) is 3.14. The Kier molecular flexibility index (Phi) is 6.16. The maximum atomic E-state index is 12.3. The van der Waals surface area contributed by atoms with Crippen LogP contribution in [0.4, 0.5) is 5.69 Å². The molecule has 1 aliphatic rings. The summed E-state index contributed by atoms with van der Waals surface area (Å²) in [5, 5.41) is 23.2. The largest absolute Gasteiger partial charge is 0.449 e. The van der Waals surface area contributed by atoms with Gasteiger partial charge in [-0.25, -0.2) is 4.79 Å². The van der Waals surface area contributed by atoms with E-state index in [0.29, 0.717) is 12.8 Å². The number of amides is 1. The molecule has 1 saturated carbocycles. The lowest BCUT2D eigenvalue weighted by Gasteiger charge is -2.32. The first-order chi connectivity index (χ1) is 12.3. The van der Waals surface area contributed by atoms with Crippen LogP contribution in [0.1, 0.15) is 49.4 Å². The van der Waals surface area contributed by atoms with Gasteiger partial charge in [-0.3, -0.25) is 14.9 Å². The molecule has 8 nitrogen and oxygen atoms in total. The van der Waals surface area contributed by atoms with Crippen molar-refractivity contribution in [2.45, 2.75) is 50.7 Å². The van der Waals surface area contributed by atoms with E-state index in [1.54, 1.807) is 0 Å². The zero-order chi connectivity index (χ0) is 19.3. The Balaban J connectivity index is 2.09. The van der Waals surface area contributed by atoms with E-state index in [-0.39, 0.29) is 10.6 Å². The molecule has 1 N–H and O–H groups in total. The van der Waals surface area contributed by atoms with E-state index >= 15 is 0 Å². The lowest BCUT2D eigenvalue weighted by Crippen LogP contribution is -2.52. The summed E-state index contributed by atoms with van der Waals surface area (Å²) in [7, 11) is 0. The third-order valence-electron chi connectivity index (χ3n) is 4.31. The van der Waals surface area contributed by atoms with Gasteiger partial charge in [-0.1, -0.05) is 30.9 Å². The van der Waals surface area contributed by atoms with Gasteiger partial charge in [-0.05, 0) is 31.9 Å². The third kappa shape index (κ3) is 4.49. The maximum Gasteiger partial charge on any atom is 0.345 e. The Morgan fingerprint density at radius 3 is 2.62 bits per heavy atom. The van der Waals surface area contributed by atoms with Crippen molar-refractivity contribution in [2.24, 2.45) is 0 Å². The number of benzene rings is 1. The number of carbonyl (C=O) groups is 2. The number of nitro benzene ring substituents is 1. The van der Waals surface area contributed by atoms with E-state index in [1.807, 2.05) is 0 Å². The summed E-state index contributed by atoms with van der Waals surface area (Å²) in [6, 6.07) is 5.63. The quantitative estimate of drug-likeness (QED) is 0.476. The van der Waals surface area contributed by atoms with Gasteiger partial charge in [0, 0.05) is 11.1 Å². The molecule has 1 amide bonds. The second-order valence-electron chi connectivity index (χ2n) is 6.21. The zero-order valence-electron chi connectivity index (χ0n) is 14.2. The van der Waals surface area contributed by atoms with Gasteiger partial charge in [-0.15, -0.1) is 0 Å². The van der Waals surface area contributed by atoms with E-state index in [0.717, 1.165) is 31.4 Å². The molecule has 0 aliphatic heterocycles. The molecule has 0 bridgehead atoms. The second-order valence-corrected chi connectivity index (χ2v) is 6.65. The highest BCUT2D eigenvalue weighted by Gasteiger charge is 2.36. The molecule has 1 fully saturated rings. The number of nitrogens with zero attached hydrogens (tertiary/aromatic N) is 2. The highest BCUT2D eigenvalue weighted by atomic mass is 35.5. The van der Waals surface area contributed by atoms with Crippen LogP contribution in [-0.2, 0) is 9.53 Å².